The van der Waals surface area contributed by atoms with Crippen molar-refractivity contribution in [1.29, 1.82) is 0 Å². The monoisotopic (exact) mass is 333 g/mol. The molecule has 4 rings (SSSR count). The summed E-state index contributed by atoms with van der Waals surface area (Å²) in [5, 5.41) is 11.4. The Morgan fingerprint density at radius 1 is 1.08 bits per heavy atom. The molecule has 3 nitrogen and oxygen atoms in total. The van der Waals surface area contributed by atoms with Gasteiger partial charge in [-0.2, -0.15) is 0 Å². The summed E-state index contributed by atoms with van der Waals surface area (Å²) >= 11 is 0. The predicted octanol–water partition coefficient (Wildman–Crippen LogP) is 2.92. The van der Waals surface area contributed by atoms with Gasteiger partial charge < -0.3 is 9.84 Å². The Bertz CT molecular complexity index is 766. The number of benzene rings is 2. The molecule has 2 bridgehead atoms. The van der Waals surface area contributed by atoms with E-state index in [2.05, 4.69) is 35.1 Å². The van der Waals surface area contributed by atoms with Gasteiger partial charge in [-0.15, -0.1) is 6.42 Å². The Morgan fingerprint density at radius 2 is 1.80 bits per heavy atom. The minimum absolute atomic E-state index is 0.215. The van der Waals surface area contributed by atoms with E-state index >= 15 is 0 Å². The number of hydrogen-bond acceptors (Lipinski definition) is 3. The first-order chi connectivity index (χ1) is 12.2. The Labute approximate surface area is 149 Å². The first-order valence-corrected chi connectivity index (χ1v) is 8.85. The van der Waals surface area contributed by atoms with Gasteiger partial charge in [-0.3, -0.25) is 4.90 Å². The standard InChI is InChI=1S/C22H23NO2/c1-2-17-9-6-10-19(11-17)22(24)12-20-15-25-16-21(13-22)23(20)14-18-7-4-3-5-8-18/h1,3-11,20-21,24H,12-16H2. The van der Waals surface area contributed by atoms with Gasteiger partial charge in [0.2, 0.25) is 0 Å². The third kappa shape index (κ3) is 3.21. The van der Waals surface area contributed by atoms with Crippen molar-refractivity contribution < 1.29 is 9.84 Å². The van der Waals surface area contributed by atoms with Gasteiger partial charge >= 0.3 is 0 Å². The molecule has 2 atom stereocenters. The van der Waals surface area contributed by atoms with E-state index in [-0.39, 0.29) is 12.1 Å². The molecular formula is C22H23NO2. The zero-order valence-electron chi connectivity index (χ0n) is 14.3. The molecule has 2 saturated heterocycles. The van der Waals surface area contributed by atoms with E-state index in [1.54, 1.807) is 0 Å². The molecule has 2 aliphatic heterocycles. The second-order valence-electron chi connectivity index (χ2n) is 7.17. The number of ether oxygens (including phenoxy) is 1. The van der Waals surface area contributed by atoms with Crippen molar-refractivity contribution in [3.63, 3.8) is 0 Å². The highest BCUT2D eigenvalue weighted by molar-refractivity contribution is 5.38. The van der Waals surface area contributed by atoms with E-state index in [4.69, 9.17) is 11.2 Å². The molecular weight excluding hydrogens is 310 g/mol. The third-order valence-electron chi connectivity index (χ3n) is 5.48. The fraction of sp³-hybridized carbons (Fsp3) is 0.364. The van der Waals surface area contributed by atoms with Crippen molar-refractivity contribution in [2.75, 3.05) is 13.2 Å². The van der Waals surface area contributed by atoms with Crippen molar-refractivity contribution in [2.24, 2.45) is 0 Å². The van der Waals surface area contributed by atoms with Gasteiger partial charge in [0, 0.05) is 24.2 Å². The SMILES string of the molecule is C#Cc1cccc(C2(O)CC3COCC(C2)N3Cc2ccccc2)c1. The third-order valence-corrected chi connectivity index (χ3v) is 5.48. The molecule has 1 N–H and O–H groups in total. The highest BCUT2D eigenvalue weighted by atomic mass is 16.5. The van der Waals surface area contributed by atoms with Crippen LogP contribution in [0.4, 0.5) is 0 Å². The minimum Gasteiger partial charge on any atom is -0.385 e. The van der Waals surface area contributed by atoms with Crippen LogP contribution >= 0.6 is 0 Å². The second kappa shape index (κ2) is 6.65. The van der Waals surface area contributed by atoms with E-state index in [0.29, 0.717) is 26.1 Å². The Morgan fingerprint density at radius 3 is 2.48 bits per heavy atom. The van der Waals surface area contributed by atoms with Gasteiger partial charge in [-0.05, 0) is 36.1 Å². The van der Waals surface area contributed by atoms with Crippen LogP contribution in [0, 0.1) is 12.3 Å². The highest BCUT2D eigenvalue weighted by Gasteiger charge is 2.46. The van der Waals surface area contributed by atoms with E-state index < -0.39 is 5.60 Å². The molecule has 0 saturated carbocycles. The quantitative estimate of drug-likeness (QED) is 0.877. The van der Waals surface area contributed by atoms with Crippen LogP contribution in [0.15, 0.2) is 54.6 Å². The molecule has 0 radical (unpaired) electrons. The summed E-state index contributed by atoms with van der Waals surface area (Å²) in [4.78, 5) is 2.50. The maximum atomic E-state index is 11.4. The van der Waals surface area contributed by atoms with Crippen LogP contribution < -0.4 is 0 Å². The summed E-state index contributed by atoms with van der Waals surface area (Å²) < 4.78 is 5.79. The summed E-state index contributed by atoms with van der Waals surface area (Å²) in [5.74, 6) is 2.67. The van der Waals surface area contributed by atoms with E-state index in [1.165, 1.54) is 5.56 Å². The Kier molecular flexibility index (Phi) is 4.35. The van der Waals surface area contributed by atoms with Gasteiger partial charge in [0.05, 0.1) is 18.8 Å². The molecule has 2 aliphatic rings. The van der Waals surface area contributed by atoms with Crippen LogP contribution in [0.5, 0.6) is 0 Å². The number of hydrogen-bond donors (Lipinski definition) is 1. The summed E-state index contributed by atoms with van der Waals surface area (Å²) in [6.07, 6.45) is 6.87. The summed E-state index contributed by atoms with van der Waals surface area (Å²) in [7, 11) is 0. The fourth-order valence-corrected chi connectivity index (χ4v) is 4.23. The van der Waals surface area contributed by atoms with Crippen LogP contribution in [-0.2, 0) is 16.9 Å². The predicted molar refractivity (Wildman–Crippen MR) is 97.9 cm³/mol. The van der Waals surface area contributed by atoms with Gasteiger partial charge in [-0.25, -0.2) is 0 Å². The lowest BCUT2D eigenvalue weighted by molar-refractivity contribution is -0.149. The lowest BCUT2D eigenvalue weighted by atomic mass is 9.76. The zero-order chi connectivity index (χ0) is 17.3. The average Bonchev–Trinajstić information content (AvgIpc) is 2.64. The smallest absolute Gasteiger partial charge is 0.0928 e. The molecule has 25 heavy (non-hydrogen) atoms. The molecule has 0 amide bonds. The van der Waals surface area contributed by atoms with E-state index in [0.717, 1.165) is 17.7 Å². The molecule has 0 aliphatic carbocycles. The lowest BCUT2D eigenvalue weighted by Gasteiger charge is -2.52. The lowest BCUT2D eigenvalue weighted by Crippen LogP contribution is -2.60. The number of fused-ring (bicyclic) bond motifs is 2. The molecule has 128 valence electrons. The van der Waals surface area contributed by atoms with E-state index in [9.17, 15) is 5.11 Å². The van der Waals surface area contributed by atoms with Gasteiger partial charge in [0.25, 0.3) is 0 Å². The molecule has 0 aromatic heterocycles. The maximum absolute atomic E-state index is 11.4. The minimum atomic E-state index is -0.834. The van der Waals surface area contributed by atoms with Crippen molar-refractivity contribution in [3.8, 4) is 12.3 Å². The number of nitrogens with zero attached hydrogens (tertiary/aromatic N) is 1. The molecule has 2 unspecified atom stereocenters. The summed E-state index contributed by atoms with van der Waals surface area (Å²) in [5.41, 5.74) is 2.22. The van der Waals surface area contributed by atoms with Crippen LogP contribution in [0.1, 0.15) is 29.5 Å². The molecule has 0 spiro atoms. The van der Waals surface area contributed by atoms with Crippen molar-refractivity contribution >= 4 is 0 Å². The number of piperidine rings is 1. The molecule has 3 heteroatoms. The zero-order valence-corrected chi connectivity index (χ0v) is 14.3. The molecule has 2 heterocycles. The fourth-order valence-electron chi connectivity index (χ4n) is 4.23. The van der Waals surface area contributed by atoms with Gasteiger partial charge in [0.15, 0.2) is 0 Å². The molecule has 2 aromatic carbocycles. The van der Waals surface area contributed by atoms with Gasteiger partial charge in [0.1, 0.15) is 0 Å². The van der Waals surface area contributed by atoms with E-state index in [1.807, 2.05) is 30.3 Å². The number of terminal acetylenes is 1. The highest BCUT2D eigenvalue weighted by Crippen LogP contribution is 2.41. The number of rotatable bonds is 3. The Hall–Kier alpha value is -2.12. The van der Waals surface area contributed by atoms with Crippen LogP contribution in [0.25, 0.3) is 0 Å². The average molecular weight is 333 g/mol. The molecule has 2 fully saturated rings. The van der Waals surface area contributed by atoms with Crippen molar-refractivity contribution in [1.82, 2.24) is 4.90 Å². The van der Waals surface area contributed by atoms with Crippen LogP contribution in [0.3, 0.4) is 0 Å². The second-order valence-corrected chi connectivity index (χ2v) is 7.17. The topological polar surface area (TPSA) is 32.7 Å². The summed E-state index contributed by atoms with van der Waals surface area (Å²) in [6.45, 7) is 2.24. The number of aliphatic hydroxyl groups is 1. The summed E-state index contributed by atoms with van der Waals surface area (Å²) in [6, 6.07) is 18.7. The maximum Gasteiger partial charge on any atom is 0.0928 e. The molecule has 2 aromatic rings. The van der Waals surface area contributed by atoms with Crippen molar-refractivity contribution in [2.45, 2.75) is 37.1 Å². The van der Waals surface area contributed by atoms with Gasteiger partial charge in [-0.1, -0.05) is 48.4 Å². The first kappa shape index (κ1) is 16.4. The first-order valence-electron chi connectivity index (χ1n) is 8.85. The normalized spacial score (nSPS) is 29.1. The number of morpholine rings is 1. The largest absolute Gasteiger partial charge is 0.385 e. The van der Waals surface area contributed by atoms with Crippen molar-refractivity contribution in [3.05, 3.63) is 71.3 Å². The van der Waals surface area contributed by atoms with Crippen LogP contribution in [0.2, 0.25) is 0 Å². The van der Waals surface area contributed by atoms with Crippen LogP contribution in [-0.4, -0.2) is 35.3 Å². The Balaban J connectivity index is 1.59.